The number of aryl methyl sites for hydroxylation is 2. The molecule has 3 heteroatoms. The largest absolute Gasteiger partial charge is 0.380 e. The third-order valence-electron chi connectivity index (χ3n) is 2.42. The van der Waals surface area contributed by atoms with Crippen molar-refractivity contribution in [3.05, 3.63) is 27.7 Å². The molecule has 0 bridgehead atoms. The van der Waals surface area contributed by atoms with E-state index in [0.29, 0.717) is 6.04 Å². The monoisotopic (exact) mass is 285 g/mol. The van der Waals surface area contributed by atoms with Crippen LogP contribution in [-0.2, 0) is 4.74 Å². The lowest BCUT2D eigenvalue weighted by molar-refractivity contribution is 0.141. The van der Waals surface area contributed by atoms with Gasteiger partial charge in [0.15, 0.2) is 0 Å². The minimum atomic E-state index is 0.333. The Hall–Kier alpha value is -0.540. The molecule has 1 atom stereocenters. The summed E-state index contributed by atoms with van der Waals surface area (Å²) >= 11 is 3.57. The van der Waals surface area contributed by atoms with E-state index in [0.717, 1.165) is 18.9 Å². The molecule has 16 heavy (non-hydrogen) atoms. The molecular weight excluding hydrogens is 266 g/mol. The van der Waals surface area contributed by atoms with Gasteiger partial charge in [-0.15, -0.1) is 0 Å². The summed E-state index contributed by atoms with van der Waals surface area (Å²) in [5.41, 5.74) is 3.67. The van der Waals surface area contributed by atoms with Gasteiger partial charge in [0.05, 0.1) is 6.61 Å². The molecule has 0 spiro atoms. The minimum Gasteiger partial charge on any atom is -0.380 e. The molecule has 0 aliphatic rings. The molecule has 0 aromatic heterocycles. The number of ether oxygens (including phenoxy) is 1. The summed E-state index contributed by atoms with van der Waals surface area (Å²) in [6.07, 6.45) is 0. The molecule has 2 nitrogen and oxygen atoms in total. The maximum absolute atomic E-state index is 5.38. The first kappa shape index (κ1) is 13.5. The van der Waals surface area contributed by atoms with Crippen LogP contribution >= 0.6 is 15.9 Å². The van der Waals surface area contributed by atoms with Crippen LogP contribution in [0.3, 0.4) is 0 Å². The van der Waals surface area contributed by atoms with E-state index >= 15 is 0 Å². The second kappa shape index (κ2) is 6.26. The summed E-state index contributed by atoms with van der Waals surface area (Å²) in [7, 11) is 0. The van der Waals surface area contributed by atoms with E-state index in [1.807, 2.05) is 6.92 Å². The van der Waals surface area contributed by atoms with Crippen molar-refractivity contribution >= 4 is 21.6 Å². The molecule has 0 radical (unpaired) electrons. The van der Waals surface area contributed by atoms with Gasteiger partial charge in [0, 0.05) is 22.8 Å². The quantitative estimate of drug-likeness (QED) is 0.886. The molecule has 90 valence electrons. The lowest BCUT2D eigenvalue weighted by Crippen LogP contribution is -2.21. The summed E-state index contributed by atoms with van der Waals surface area (Å²) in [5.74, 6) is 0. The maximum atomic E-state index is 5.38. The molecule has 1 aromatic carbocycles. The van der Waals surface area contributed by atoms with Gasteiger partial charge in [-0.3, -0.25) is 0 Å². The van der Waals surface area contributed by atoms with Crippen LogP contribution < -0.4 is 5.32 Å². The molecule has 1 N–H and O–H groups in total. The Bertz CT molecular complexity index is 329. The highest BCUT2D eigenvalue weighted by Gasteiger charge is 2.05. The highest BCUT2D eigenvalue weighted by Crippen LogP contribution is 2.25. The number of rotatable bonds is 5. The van der Waals surface area contributed by atoms with Gasteiger partial charge in [-0.2, -0.15) is 0 Å². The third-order valence-corrected chi connectivity index (χ3v) is 3.67. The van der Waals surface area contributed by atoms with Crippen LogP contribution in [0.25, 0.3) is 0 Å². The zero-order chi connectivity index (χ0) is 12.1. The fourth-order valence-corrected chi connectivity index (χ4v) is 1.88. The topological polar surface area (TPSA) is 21.3 Å². The lowest BCUT2D eigenvalue weighted by atomic mass is 10.1. The first-order valence-electron chi connectivity index (χ1n) is 5.65. The van der Waals surface area contributed by atoms with E-state index in [9.17, 15) is 0 Å². The maximum Gasteiger partial charge on any atom is 0.0664 e. The smallest absolute Gasteiger partial charge is 0.0664 e. The van der Waals surface area contributed by atoms with Crippen molar-refractivity contribution in [2.24, 2.45) is 0 Å². The van der Waals surface area contributed by atoms with Crippen molar-refractivity contribution < 1.29 is 4.74 Å². The predicted molar refractivity (Wildman–Crippen MR) is 73.2 cm³/mol. The Balaban J connectivity index is 2.67. The molecule has 0 aliphatic carbocycles. The van der Waals surface area contributed by atoms with Gasteiger partial charge in [-0.05, 0) is 51.0 Å². The van der Waals surface area contributed by atoms with Crippen molar-refractivity contribution in [2.45, 2.75) is 33.7 Å². The normalized spacial score (nSPS) is 12.6. The van der Waals surface area contributed by atoms with Gasteiger partial charge in [-0.1, -0.05) is 15.9 Å². The van der Waals surface area contributed by atoms with Crippen LogP contribution in [0.4, 0.5) is 5.69 Å². The highest BCUT2D eigenvalue weighted by atomic mass is 79.9. The fraction of sp³-hybridized carbons (Fsp3) is 0.538. The van der Waals surface area contributed by atoms with Crippen LogP contribution in [0.15, 0.2) is 16.6 Å². The third kappa shape index (κ3) is 3.80. The summed E-state index contributed by atoms with van der Waals surface area (Å²) in [5, 5.41) is 3.44. The van der Waals surface area contributed by atoms with E-state index in [-0.39, 0.29) is 0 Å². The summed E-state index contributed by atoms with van der Waals surface area (Å²) in [4.78, 5) is 0. The van der Waals surface area contributed by atoms with E-state index in [2.05, 4.69) is 54.2 Å². The van der Waals surface area contributed by atoms with Crippen LogP contribution in [0, 0.1) is 13.8 Å². The molecule has 0 fully saturated rings. The van der Waals surface area contributed by atoms with Gasteiger partial charge in [0.1, 0.15) is 0 Å². The highest BCUT2D eigenvalue weighted by molar-refractivity contribution is 9.10. The van der Waals surface area contributed by atoms with E-state index in [1.165, 1.54) is 15.6 Å². The van der Waals surface area contributed by atoms with Gasteiger partial charge >= 0.3 is 0 Å². The standard InChI is InChI=1S/C13H20BrNO/c1-5-16-8-11(4)15-12-6-9(2)13(14)10(3)7-12/h6-7,11,15H,5,8H2,1-4H3. The molecule has 0 saturated carbocycles. The van der Waals surface area contributed by atoms with Gasteiger partial charge in [0.25, 0.3) is 0 Å². The van der Waals surface area contributed by atoms with Crippen molar-refractivity contribution in [1.82, 2.24) is 0 Å². The molecule has 0 amide bonds. The average Bonchev–Trinajstić information content (AvgIpc) is 2.23. The van der Waals surface area contributed by atoms with Crippen LogP contribution in [0.5, 0.6) is 0 Å². The summed E-state index contributed by atoms with van der Waals surface area (Å²) < 4.78 is 6.57. The number of hydrogen-bond acceptors (Lipinski definition) is 2. The van der Waals surface area contributed by atoms with Gasteiger partial charge in [0.2, 0.25) is 0 Å². The first-order chi connectivity index (χ1) is 7.54. The second-order valence-corrected chi connectivity index (χ2v) is 4.92. The van der Waals surface area contributed by atoms with E-state index in [4.69, 9.17) is 4.74 Å². The van der Waals surface area contributed by atoms with Crippen molar-refractivity contribution in [3.63, 3.8) is 0 Å². The zero-order valence-electron chi connectivity index (χ0n) is 10.4. The number of nitrogens with one attached hydrogen (secondary N) is 1. The SMILES string of the molecule is CCOCC(C)Nc1cc(C)c(Br)c(C)c1. The fourth-order valence-electron chi connectivity index (χ4n) is 1.65. The number of hydrogen-bond donors (Lipinski definition) is 1. The molecular formula is C13H20BrNO. The van der Waals surface area contributed by atoms with E-state index in [1.54, 1.807) is 0 Å². The van der Waals surface area contributed by atoms with Crippen LogP contribution in [0.2, 0.25) is 0 Å². The van der Waals surface area contributed by atoms with Gasteiger partial charge < -0.3 is 10.1 Å². The first-order valence-corrected chi connectivity index (χ1v) is 6.45. The molecule has 1 aromatic rings. The summed E-state index contributed by atoms with van der Waals surface area (Å²) in [6, 6.07) is 4.64. The molecule has 0 saturated heterocycles. The van der Waals surface area contributed by atoms with Crippen molar-refractivity contribution in [3.8, 4) is 0 Å². The molecule has 1 unspecified atom stereocenters. The van der Waals surface area contributed by atoms with Crippen LogP contribution in [-0.4, -0.2) is 19.3 Å². The molecule has 0 heterocycles. The number of halogens is 1. The average molecular weight is 286 g/mol. The minimum absolute atomic E-state index is 0.333. The predicted octanol–water partition coefficient (Wildman–Crippen LogP) is 3.90. The van der Waals surface area contributed by atoms with E-state index < -0.39 is 0 Å². The Morgan fingerprint density at radius 3 is 2.38 bits per heavy atom. The van der Waals surface area contributed by atoms with Gasteiger partial charge in [-0.25, -0.2) is 0 Å². The Morgan fingerprint density at radius 1 is 1.31 bits per heavy atom. The number of benzene rings is 1. The lowest BCUT2D eigenvalue weighted by Gasteiger charge is -2.16. The van der Waals surface area contributed by atoms with Crippen LogP contribution in [0.1, 0.15) is 25.0 Å². The molecule has 1 rings (SSSR count). The zero-order valence-corrected chi connectivity index (χ0v) is 12.0. The summed E-state index contributed by atoms with van der Waals surface area (Å²) in [6.45, 7) is 9.86. The second-order valence-electron chi connectivity index (χ2n) is 4.13. The Morgan fingerprint density at radius 2 is 1.88 bits per heavy atom. The number of anilines is 1. The Kier molecular flexibility index (Phi) is 5.29. The molecule has 0 aliphatic heterocycles. The Labute approximate surface area is 107 Å². The van der Waals surface area contributed by atoms with Crippen molar-refractivity contribution in [1.29, 1.82) is 0 Å². The van der Waals surface area contributed by atoms with Crippen molar-refractivity contribution in [2.75, 3.05) is 18.5 Å².